The summed E-state index contributed by atoms with van der Waals surface area (Å²) in [5.41, 5.74) is 3.26. The Labute approximate surface area is 175 Å². The number of piperazine rings is 1. The van der Waals surface area contributed by atoms with E-state index in [-0.39, 0.29) is 6.04 Å². The van der Waals surface area contributed by atoms with Crippen LogP contribution in [0.2, 0.25) is 0 Å². The molecule has 1 heterocycles. The first kappa shape index (κ1) is 21.8. The molecule has 0 unspecified atom stereocenters. The maximum atomic E-state index is 12.9. The van der Waals surface area contributed by atoms with Crippen molar-refractivity contribution < 1.29 is 18.2 Å². The Bertz CT molecular complexity index is 905. The van der Waals surface area contributed by atoms with Crippen LogP contribution in [0.3, 0.4) is 0 Å². The van der Waals surface area contributed by atoms with Crippen LogP contribution in [0.25, 0.3) is 0 Å². The van der Waals surface area contributed by atoms with Crippen LogP contribution in [0, 0.1) is 6.92 Å². The fourth-order valence-corrected chi connectivity index (χ4v) is 5.06. The SMILES string of the molecule is Cc1cccc(S(=O)(=O)NC[C@@H](c2ccc(N(C)C)cc2)[NH+]2CC[NH+](C)CC2)c1. The number of nitrogens with zero attached hydrogens (tertiary/aromatic N) is 1. The lowest BCUT2D eigenvalue weighted by Gasteiger charge is -2.33. The molecule has 6 nitrogen and oxygen atoms in total. The van der Waals surface area contributed by atoms with Crippen molar-refractivity contribution >= 4 is 15.7 Å². The average molecular weight is 419 g/mol. The smallest absolute Gasteiger partial charge is 0.240 e. The minimum Gasteiger partial charge on any atom is -0.378 e. The number of nitrogens with one attached hydrogen (secondary N) is 3. The van der Waals surface area contributed by atoms with Crippen molar-refractivity contribution in [3.63, 3.8) is 0 Å². The van der Waals surface area contributed by atoms with Crippen LogP contribution in [0.15, 0.2) is 53.4 Å². The van der Waals surface area contributed by atoms with E-state index in [2.05, 4.69) is 40.9 Å². The molecular formula is C22H34N4O2S+2. The summed E-state index contributed by atoms with van der Waals surface area (Å²) in [5, 5.41) is 0. The van der Waals surface area contributed by atoms with Crippen LogP contribution in [0.4, 0.5) is 5.69 Å². The van der Waals surface area contributed by atoms with Crippen LogP contribution in [0.1, 0.15) is 17.2 Å². The quantitative estimate of drug-likeness (QED) is 0.568. The number of sulfonamides is 1. The average Bonchev–Trinajstić information content (AvgIpc) is 2.70. The van der Waals surface area contributed by atoms with Crippen molar-refractivity contribution in [3.8, 4) is 0 Å². The topological polar surface area (TPSA) is 58.3 Å². The Morgan fingerprint density at radius 2 is 1.69 bits per heavy atom. The van der Waals surface area contributed by atoms with Gasteiger partial charge in [-0.3, -0.25) is 0 Å². The van der Waals surface area contributed by atoms with Gasteiger partial charge in [-0.1, -0.05) is 24.3 Å². The standard InChI is InChI=1S/C22H32N4O2S/c1-18-6-5-7-21(16-18)29(27,28)23-17-22(26-14-12-25(4)13-15-26)19-8-10-20(11-9-19)24(2)3/h5-11,16,22-23H,12-15,17H2,1-4H3/p+2/t22-/m0/s1. The molecule has 1 atom stereocenters. The van der Waals surface area contributed by atoms with Gasteiger partial charge < -0.3 is 14.7 Å². The molecule has 0 spiro atoms. The van der Waals surface area contributed by atoms with Gasteiger partial charge in [0.1, 0.15) is 32.2 Å². The van der Waals surface area contributed by atoms with Gasteiger partial charge in [-0.25, -0.2) is 13.1 Å². The van der Waals surface area contributed by atoms with E-state index in [1.165, 1.54) is 15.4 Å². The second kappa shape index (κ2) is 9.26. The first-order chi connectivity index (χ1) is 13.8. The van der Waals surface area contributed by atoms with Crippen molar-refractivity contribution in [1.29, 1.82) is 0 Å². The zero-order valence-corrected chi connectivity index (χ0v) is 18.7. The molecular weight excluding hydrogens is 384 g/mol. The highest BCUT2D eigenvalue weighted by molar-refractivity contribution is 7.89. The second-order valence-corrected chi connectivity index (χ2v) is 10.1. The summed E-state index contributed by atoms with van der Waals surface area (Å²) < 4.78 is 28.6. The van der Waals surface area contributed by atoms with E-state index in [0.29, 0.717) is 11.4 Å². The van der Waals surface area contributed by atoms with E-state index in [4.69, 9.17) is 0 Å². The van der Waals surface area contributed by atoms with Gasteiger partial charge in [0.05, 0.1) is 18.5 Å². The third-order valence-electron chi connectivity index (χ3n) is 5.83. The van der Waals surface area contributed by atoms with Crippen LogP contribution < -0.4 is 19.4 Å². The van der Waals surface area contributed by atoms with Crippen molar-refractivity contribution in [1.82, 2.24) is 4.72 Å². The Balaban J connectivity index is 1.81. The fraction of sp³-hybridized carbons (Fsp3) is 0.455. The molecule has 1 aliphatic heterocycles. The number of benzene rings is 2. The lowest BCUT2D eigenvalue weighted by atomic mass is 10.0. The number of rotatable bonds is 7. The monoisotopic (exact) mass is 418 g/mol. The molecule has 3 N–H and O–H groups in total. The third kappa shape index (κ3) is 5.57. The molecule has 0 aliphatic carbocycles. The maximum Gasteiger partial charge on any atom is 0.240 e. The first-order valence-electron chi connectivity index (χ1n) is 10.3. The number of hydrogen-bond acceptors (Lipinski definition) is 3. The lowest BCUT2D eigenvalue weighted by molar-refractivity contribution is -1.02. The summed E-state index contributed by atoms with van der Waals surface area (Å²) >= 11 is 0. The van der Waals surface area contributed by atoms with Crippen LogP contribution >= 0.6 is 0 Å². The van der Waals surface area contributed by atoms with Gasteiger partial charge in [0, 0.05) is 25.3 Å². The Hall–Kier alpha value is -1.93. The highest BCUT2D eigenvalue weighted by atomic mass is 32.2. The summed E-state index contributed by atoms with van der Waals surface area (Å²) in [6.45, 7) is 6.59. The fourth-order valence-electron chi connectivity index (χ4n) is 3.91. The lowest BCUT2D eigenvalue weighted by Crippen LogP contribution is -3.27. The van der Waals surface area contributed by atoms with Gasteiger partial charge in [0.25, 0.3) is 0 Å². The molecule has 1 fully saturated rings. The Kier molecular flexibility index (Phi) is 6.95. The number of anilines is 1. The molecule has 1 aliphatic rings. The van der Waals surface area contributed by atoms with Crippen LogP contribution in [-0.4, -0.2) is 62.3 Å². The van der Waals surface area contributed by atoms with Gasteiger partial charge >= 0.3 is 0 Å². The predicted molar refractivity (Wildman–Crippen MR) is 117 cm³/mol. The van der Waals surface area contributed by atoms with E-state index >= 15 is 0 Å². The molecule has 29 heavy (non-hydrogen) atoms. The molecule has 0 amide bonds. The zero-order valence-electron chi connectivity index (χ0n) is 17.9. The number of aryl methyl sites for hydroxylation is 1. The van der Waals surface area contributed by atoms with Crippen molar-refractivity contribution in [3.05, 3.63) is 59.7 Å². The Morgan fingerprint density at radius 3 is 2.28 bits per heavy atom. The molecule has 0 bridgehead atoms. The molecule has 2 aromatic rings. The number of likely N-dealkylation sites (N-methyl/N-ethyl adjacent to an activating group) is 1. The van der Waals surface area contributed by atoms with Gasteiger partial charge in [0.15, 0.2) is 0 Å². The number of quaternary nitrogens is 2. The third-order valence-corrected chi connectivity index (χ3v) is 7.25. The van der Waals surface area contributed by atoms with Crippen molar-refractivity contribution in [2.45, 2.75) is 17.9 Å². The van der Waals surface area contributed by atoms with Crippen molar-refractivity contribution in [2.24, 2.45) is 0 Å². The largest absolute Gasteiger partial charge is 0.378 e. The minimum atomic E-state index is -3.53. The highest BCUT2D eigenvalue weighted by Gasteiger charge is 2.30. The zero-order chi connectivity index (χ0) is 21.0. The maximum absolute atomic E-state index is 12.9. The second-order valence-electron chi connectivity index (χ2n) is 8.32. The normalized spacial score (nSPS) is 21.0. The summed E-state index contributed by atoms with van der Waals surface area (Å²) in [5.74, 6) is 0. The summed E-state index contributed by atoms with van der Waals surface area (Å²) in [6, 6.07) is 15.7. The van der Waals surface area contributed by atoms with E-state index in [0.717, 1.165) is 37.4 Å². The molecule has 2 aromatic carbocycles. The predicted octanol–water partition coefficient (Wildman–Crippen LogP) is -0.506. The van der Waals surface area contributed by atoms with E-state index in [9.17, 15) is 8.42 Å². The minimum absolute atomic E-state index is 0.0962. The molecule has 0 aromatic heterocycles. The molecule has 0 radical (unpaired) electrons. The Morgan fingerprint density at radius 1 is 1.03 bits per heavy atom. The molecule has 3 rings (SSSR count). The van der Waals surface area contributed by atoms with Gasteiger partial charge in [0.2, 0.25) is 10.0 Å². The molecule has 7 heteroatoms. The first-order valence-corrected chi connectivity index (χ1v) is 11.7. The summed E-state index contributed by atoms with van der Waals surface area (Å²) in [7, 11) is 2.74. The molecule has 0 saturated carbocycles. The van der Waals surface area contributed by atoms with Crippen LogP contribution in [0.5, 0.6) is 0 Å². The van der Waals surface area contributed by atoms with E-state index in [1.807, 2.05) is 27.1 Å². The molecule has 158 valence electrons. The van der Waals surface area contributed by atoms with E-state index in [1.54, 1.807) is 18.2 Å². The van der Waals surface area contributed by atoms with E-state index < -0.39 is 10.0 Å². The van der Waals surface area contributed by atoms with Gasteiger partial charge in [-0.15, -0.1) is 0 Å². The number of hydrogen-bond donors (Lipinski definition) is 3. The van der Waals surface area contributed by atoms with Gasteiger partial charge in [-0.2, -0.15) is 0 Å². The summed E-state index contributed by atoms with van der Waals surface area (Å²) in [4.78, 5) is 5.39. The van der Waals surface area contributed by atoms with Gasteiger partial charge in [-0.05, 0) is 36.8 Å². The van der Waals surface area contributed by atoms with Crippen LogP contribution in [-0.2, 0) is 10.0 Å². The highest BCUT2D eigenvalue weighted by Crippen LogP contribution is 2.17. The summed E-state index contributed by atoms with van der Waals surface area (Å²) in [6.07, 6.45) is 0. The van der Waals surface area contributed by atoms with Crippen molar-refractivity contribution in [2.75, 3.05) is 58.8 Å². The molecule has 1 saturated heterocycles.